The van der Waals surface area contributed by atoms with Gasteiger partial charge < -0.3 is 9.80 Å². The van der Waals surface area contributed by atoms with Crippen molar-refractivity contribution < 1.29 is 0 Å². The zero-order valence-corrected chi connectivity index (χ0v) is 13.4. The fraction of sp³-hybridized carbons (Fsp3) is 0.684. The summed E-state index contributed by atoms with van der Waals surface area (Å²) in [5.74, 6) is 0.934. The monoisotopic (exact) mass is 284 g/mol. The molecule has 0 aromatic heterocycles. The molecule has 4 rings (SSSR count). The second-order valence-electron chi connectivity index (χ2n) is 7.79. The van der Waals surface area contributed by atoms with E-state index in [0.29, 0.717) is 0 Å². The summed E-state index contributed by atoms with van der Waals surface area (Å²) in [6, 6.07) is 9.04. The van der Waals surface area contributed by atoms with Gasteiger partial charge in [0.05, 0.1) is 0 Å². The van der Waals surface area contributed by atoms with Gasteiger partial charge in [-0.15, -0.1) is 0 Å². The molecule has 2 saturated heterocycles. The van der Waals surface area contributed by atoms with E-state index in [-0.39, 0.29) is 0 Å². The van der Waals surface area contributed by atoms with Crippen molar-refractivity contribution in [1.29, 1.82) is 0 Å². The zero-order valence-electron chi connectivity index (χ0n) is 13.4. The van der Waals surface area contributed by atoms with Crippen LogP contribution >= 0.6 is 0 Å². The lowest BCUT2D eigenvalue weighted by molar-refractivity contribution is -0.0676. The summed E-state index contributed by atoms with van der Waals surface area (Å²) < 4.78 is 0. The van der Waals surface area contributed by atoms with E-state index >= 15 is 0 Å². The Morgan fingerprint density at radius 2 is 1.71 bits per heavy atom. The van der Waals surface area contributed by atoms with Crippen molar-refractivity contribution in [2.75, 3.05) is 37.6 Å². The summed E-state index contributed by atoms with van der Waals surface area (Å²) in [5, 5.41) is 0. The van der Waals surface area contributed by atoms with Crippen molar-refractivity contribution >= 4 is 5.69 Å². The Kier molecular flexibility index (Phi) is 3.45. The summed E-state index contributed by atoms with van der Waals surface area (Å²) >= 11 is 0. The first-order valence-electron chi connectivity index (χ1n) is 8.77. The molecule has 1 saturated carbocycles. The molecule has 0 bridgehead atoms. The maximum absolute atomic E-state index is 2.73. The highest BCUT2D eigenvalue weighted by Gasteiger charge is 2.47. The molecular weight excluding hydrogens is 256 g/mol. The highest BCUT2D eigenvalue weighted by atomic mass is 15.2. The van der Waals surface area contributed by atoms with Crippen molar-refractivity contribution in [3.63, 3.8) is 0 Å². The average Bonchev–Trinajstić information content (AvgIpc) is 2.42. The van der Waals surface area contributed by atoms with Crippen molar-refractivity contribution in [2.24, 2.45) is 11.3 Å². The Labute approximate surface area is 129 Å². The van der Waals surface area contributed by atoms with Gasteiger partial charge in [0.25, 0.3) is 0 Å². The van der Waals surface area contributed by atoms with Crippen LogP contribution in [0.25, 0.3) is 0 Å². The Morgan fingerprint density at radius 1 is 1.05 bits per heavy atom. The number of piperidine rings is 1. The van der Waals surface area contributed by atoms with Gasteiger partial charge in [0, 0.05) is 38.4 Å². The largest absolute Gasteiger partial charge is 0.372 e. The van der Waals surface area contributed by atoms with Gasteiger partial charge >= 0.3 is 0 Å². The minimum Gasteiger partial charge on any atom is -0.372 e. The van der Waals surface area contributed by atoms with Crippen molar-refractivity contribution in [1.82, 2.24) is 4.90 Å². The first kappa shape index (κ1) is 13.6. The molecule has 0 amide bonds. The van der Waals surface area contributed by atoms with E-state index in [1.54, 1.807) is 0 Å². The minimum atomic E-state index is 0.794. The molecule has 1 spiro atoms. The molecule has 0 radical (unpaired) electrons. The second kappa shape index (κ2) is 5.31. The highest BCUT2D eigenvalue weighted by molar-refractivity contribution is 5.47. The van der Waals surface area contributed by atoms with Crippen LogP contribution in [0.2, 0.25) is 0 Å². The average molecular weight is 284 g/mol. The van der Waals surface area contributed by atoms with Gasteiger partial charge in [-0.25, -0.2) is 0 Å². The summed E-state index contributed by atoms with van der Waals surface area (Å²) in [7, 11) is 0. The fourth-order valence-corrected chi connectivity index (χ4v) is 4.52. The summed E-state index contributed by atoms with van der Waals surface area (Å²) in [5.41, 5.74) is 3.57. The van der Waals surface area contributed by atoms with Gasteiger partial charge in [-0.3, -0.25) is 0 Å². The van der Waals surface area contributed by atoms with Gasteiger partial charge in [-0.1, -0.05) is 24.1 Å². The highest BCUT2D eigenvalue weighted by Crippen LogP contribution is 2.48. The molecule has 3 fully saturated rings. The number of hydrogen-bond acceptors (Lipinski definition) is 2. The van der Waals surface area contributed by atoms with E-state index in [4.69, 9.17) is 0 Å². The number of aryl methyl sites for hydroxylation is 1. The van der Waals surface area contributed by atoms with E-state index in [1.807, 2.05) is 0 Å². The topological polar surface area (TPSA) is 6.48 Å². The van der Waals surface area contributed by atoms with Gasteiger partial charge in [0.2, 0.25) is 0 Å². The lowest BCUT2D eigenvalue weighted by Gasteiger charge is -2.57. The summed E-state index contributed by atoms with van der Waals surface area (Å²) in [4.78, 5) is 5.30. The Bertz CT molecular complexity index is 473. The molecule has 2 heteroatoms. The van der Waals surface area contributed by atoms with Crippen LogP contribution in [0.1, 0.15) is 37.7 Å². The number of hydrogen-bond donors (Lipinski definition) is 0. The number of benzene rings is 1. The number of likely N-dealkylation sites (tertiary alicyclic amines) is 1. The predicted octanol–water partition coefficient (Wildman–Crippen LogP) is 3.70. The van der Waals surface area contributed by atoms with E-state index in [1.165, 1.54) is 76.1 Å². The lowest BCUT2D eigenvalue weighted by atomic mass is 9.63. The number of anilines is 1. The third kappa shape index (κ3) is 2.70. The van der Waals surface area contributed by atoms with E-state index in [9.17, 15) is 0 Å². The van der Waals surface area contributed by atoms with Crippen LogP contribution < -0.4 is 4.90 Å². The molecular formula is C19H28N2. The quantitative estimate of drug-likeness (QED) is 0.835. The van der Waals surface area contributed by atoms with Crippen LogP contribution in [-0.2, 0) is 0 Å². The molecule has 0 atom stereocenters. The van der Waals surface area contributed by atoms with Crippen LogP contribution in [0.3, 0.4) is 0 Å². The van der Waals surface area contributed by atoms with Gasteiger partial charge in [0.1, 0.15) is 0 Å². The van der Waals surface area contributed by atoms with Crippen LogP contribution in [-0.4, -0.2) is 37.6 Å². The SMILES string of the molecule is Cc1ccc(N2CCC(CN3CC4(CCC4)C3)CC2)cc1. The first-order chi connectivity index (χ1) is 10.2. The number of nitrogens with zero attached hydrogens (tertiary/aromatic N) is 2. The Hall–Kier alpha value is -1.02. The zero-order chi connectivity index (χ0) is 14.3. The van der Waals surface area contributed by atoms with Crippen LogP contribution in [0.4, 0.5) is 5.69 Å². The Morgan fingerprint density at radius 3 is 2.29 bits per heavy atom. The van der Waals surface area contributed by atoms with Gasteiger partial charge in [-0.05, 0) is 56.1 Å². The molecule has 0 unspecified atom stereocenters. The second-order valence-corrected chi connectivity index (χ2v) is 7.79. The van der Waals surface area contributed by atoms with Crippen molar-refractivity contribution in [2.45, 2.75) is 39.0 Å². The molecule has 21 heavy (non-hydrogen) atoms. The van der Waals surface area contributed by atoms with Crippen LogP contribution in [0.5, 0.6) is 0 Å². The molecule has 3 aliphatic rings. The van der Waals surface area contributed by atoms with Crippen molar-refractivity contribution in [3.8, 4) is 0 Å². The smallest absolute Gasteiger partial charge is 0.0366 e. The van der Waals surface area contributed by atoms with E-state index in [2.05, 4.69) is 41.0 Å². The van der Waals surface area contributed by atoms with Gasteiger partial charge in [0.15, 0.2) is 0 Å². The third-order valence-electron chi connectivity index (χ3n) is 6.06. The fourth-order valence-electron chi connectivity index (χ4n) is 4.52. The maximum atomic E-state index is 2.73. The lowest BCUT2D eigenvalue weighted by Crippen LogP contribution is -2.60. The standard InChI is InChI=1S/C19H28N2/c1-16-3-5-18(6-4-16)21-11-7-17(8-12-21)13-20-14-19(15-20)9-2-10-19/h3-6,17H,2,7-15H2,1H3. The molecule has 1 aliphatic carbocycles. The molecule has 2 nitrogen and oxygen atoms in total. The predicted molar refractivity (Wildman–Crippen MR) is 88.8 cm³/mol. The maximum Gasteiger partial charge on any atom is 0.0366 e. The van der Waals surface area contributed by atoms with Crippen molar-refractivity contribution in [3.05, 3.63) is 29.8 Å². The Balaban J connectivity index is 1.24. The molecule has 2 aliphatic heterocycles. The van der Waals surface area contributed by atoms with Crippen LogP contribution in [0.15, 0.2) is 24.3 Å². The number of rotatable bonds is 3. The summed E-state index contributed by atoms with van der Waals surface area (Å²) in [6.45, 7) is 8.83. The molecule has 1 aromatic carbocycles. The third-order valence-corrected chi connectivity index (χ3v) is 6.06. The van der Waals surface area contributed by atoms with E-state index < -0.39 is 0 Å². The molecule has 114 valence electrons. The first-order valence-corrected chi connectivity index (χ1v) is 8.77. The summed E-state index contributed by atoms with van der Waals surface area (Å²) in [6.07, 6.45) is 7.25. The molecule has 1 aromatic rings. The normalized spacial score (nSPS) is 25.7. The molecule has 0 N–H and O–H groups in total. The molecule has 2 heterocycles. The minimum absolute atomic E-state index is 0.794. The van der Waals surface area contributed by atoms with Crippen LogP contribution in [0, 0.1) is 18.3 Å². The van der Waals surface area contributed by atoms with E-state index in [0.717, 1.165) is 11.3 Å². The van der Waals surface area contributed by atoms with Gasteiger partial charge in [-0.2, -0.15) is 0 Å².